The van der Waals surface area contributed by atoms with Gasteiger partial charge in [-0.15, -0.1) is 0 Å². The highest BCUT2D eigenvalue weighted by molar-refractivity contribution is 5.89. The van der Waals surface area contributed by atoms with E-state index in [1.165, 1.54) is 12.1 Å². The highest BCUT2D eigenvalue weighted by atomic mass is 16.5. The quantitative estimate of drug-likeness (QED) is 0.114. The third-order valence-electron chi connectivity index (χ3n) is 7.31. The lowest BCUT2D eigenvalue weighted by Gasteiger charge is -2.24. The van der Waals surface area contributed by atoms with Crippen molar-refractivity contribution in [2.75, 3.05) is 18.9 Å². The van der Waals surface area contributed by atoms with Crippen LogP contribution in [0.15, 0.2) is 72.8 Å². The van der Waals surface area contributed by atoms with Gasteiger partial charge >= 0.3 is 24.1 Å². The molecular formula is C33H39N5O8. The van der Waals surface area contributed by atoms with Crippen molar-refractivity contribution < 1.29 is 38.9 Å². The second-order valence-electron chi connectivity index (χ2n) is 11.0. The van der Waals surface area contributed by atoms with Gasteiger partial charge in [-0.2, -0.15) is 0 Å². The molecule has 13 nitrogen and oxygen atoms in total. The summed E-state index contributed by atoms with van der Waals surface area (Å²) in [5, 5.41) is 25.3. The molecule has 0 heterocycles. The average Bonchev–Trinajstić information content (AvgIpc) is 3.34. The number of carboxylic acids is 2. The van der Waals surface area contributed by atoms with E-state index in [9.17, 15) is 29.1 Å². The molecule has 4 amide bonds. The van der Waals surface area contributed by atoms with Gasteiger partial charge in [0.15, 0.2) is 0 Å². The zero-order valence-corrected chi connectivity index (χ0v) is 25.6. The van der Waals surface area contributed by atoms with Crippen LogP contribution in [-0.2, 0) is 14.3 Å². The summed E-state index contributed by atoms with van der Waals surface area (Å²) in [6.07, 6.45) is -0.382. The number of nitrogen functional groups attached to an aromatic ring is 1. The fourth-order valence-corrected chi connectivity index (χ4v) is 4.96. The van der Waals surface area contributed by atoms with E-state index < -0.39 is 42.1 Å². The van der Waals surface area contributed by atoms with Crippen molar-refractivity contribution in [3.63, 3.8) is 0 Å². The molecule has 0 unspecified atom stereocenters. The average molecular weight is 634 g/mol. The summed E-state index contributed by atoms with van der Waals surface area (Å²) in [4.78, 5) is 58.1. The number of nitrogens with two attached hydrogens (primary N) is 2. The van der Waals surface area contributed by atoms with E-state index in [1.54, 1.807) is 26.0 Å². The normalized spacial score (nSPS) is 12.8. The first-order chi connectivity index (χ1) is 21.9. The minimum absolute atomic E-state index is 0.0805. The van der Waals surface area contributed by atoms with Crippen LogP contribution in [0.25, 0.3) is 11.1 Å². The highest BCUT2D eigenvalue weighted by Gasteiger charge is 2.31. The molecule has 0 saturated heterocycles. The first-order valence-corrected chi connectivity index (χ1v) is 14.7. The third kappa shape index (κ3) is 9.71. The van der Waals surface area contributed by atoms with E-state index in [0.717, 1.165) is 22.3 Å². The van der Waals surface area contributed by atoms with Gasteiger partial charge in [-0.25, -0.2) is 19.2 Å². The number of benzene rings is 3. The van der Waals surface area contributed by atoms with E-state index in [4.69, 9.17) is 21.3 Å². The summed E-state index contributed by atoms with van der Waals surface area (Å²) in [6.45, 7) is 3.75. The highest BCUT2D eigenvalue weighted by Crippen LogP contribution is 2.44. The topological polar surface area (TPSA) is 223 Å². The number of fused-ring (bicyclic) bond motifs is 3. The molecule has 1 aliphatic carbocycles. The number of ether oxygens (including phenoxy) is 1. The molecule has 13 heteroatoms. The smallest absolute Gasteiger partial charge is 0.407 e. The second-order valence-corrected chi connectivity index (χ2v) is 11.0. The number of anilines is 1. The van der Waals surface area contributed by atoms with E-state index >= 15 is 0 Å². The Kier molecular flexibility index (Phi) is 12.5. The van der Waals surface area contributed by atoms with Crippen molar-refractivity contribution in [3.05, 3.63) is 89.5 Å². The fourth-order valence-electron chi connectivity index (χ4n) is 4.96. The lowest BCUT2D eigenvalue weighted by atomic mass is 9.98. The van der Waals surface area contributed by atoms with Crippen LogP contribution in [0.3, 0.4) is 0 Å². The molecule has 0 aromatic heterocycles. The Bertz CT molecular complexity index is 1500. The lowest BCUT2D eigenvalue weighted by Crippen LogP contribution is -2.54. The van der Waals surface area contributed by atoms with Gasteiger partial charge < -0.3 is 42.4 Å². The van der Waals surface area contributed by atoms with Crippen LogP contribution in [0.4, 0.5) is 15.3 Å². The number of rotatable bonds is 12. The lowest BCUT2D eigenvalue weighted by molar-refractivity contribution is -0.142. The van der Waals surface area contributed by atoms with Crippen LogP contribution in [0.5, 0.6) is 0 Å². The zero-order chi connectivity index (χ0) is 33.8. The Hall–Kier alpha value is -5.59. The number of aliphatic carboxylic acids is 1. The van der Waals surface area contributed by atoms with Crippen molar-refractivity contribution in [1.82, 2.24) is 16.0 Å². The summed E-state index contributed by atoms with van der Waals surface area (Å²) in [7, 11) is 0. The summed E-state index contributed by atoms with van der Waals surface area (Å²) in [5.74, 6) is -3.23. The number of hydrogen-bond donors (Lipinski definition) is 7. The summed E-state index contributed by atoms with van der Waals surface area (Å²) >= 11 is 0. The number of alkyl carbamates (subject to hydrolysis) is 1. The first-order valence-electron chi connectivity index (χ1n) is 14.7. The molecule has 9 N–H and O–H groups in total. The minimum Gasteiger partial charge on any atom is -0.480 e. The van der Waals surface area contributed by atoms with Crippen LogP contribution in [0, 0.1) is 5.92 Å². The number of carboxylic acid groups (broad SMARTS) is 2. The van der Waals surface area contributed by atoms with Crippen LogP contribution in [-0.4, -0.2) is 65.4 Å². The third-order valence-corrected chi connectivity index (χ3v) is 7.31. The van der Waals surface area contributed by atoms with Gasteiger partial charge in [0.2, 0.25) is 5.91 Å². The molecule has 0 fully saturated rings. The molecule has 3 aromatic carbocycles. The van der Waals surface area contributed by atoms with E-state index in [0.29, 0.717) is 12.1 Å². The largest absolute Gasteiger partial charge is 0.480 e. The summed E-state index contributed by atoms with van der Waals surface area (Å²) in [5.41, 5.74) is 15.5. The maximum Gasteiger partial charge on any atom is 0.407 e. The van der Waals surface area contributed by atoms with Crippen LogP contribution in [0.2, 0.25) is 0 Å². The van der Waals surface area contributed by atoms with Crippen LogP contribution < -0.4 is 27.4 Å². The Balaban J connectivity index is 0.000000489. The molecule has 46 heavy (non-hydrogen) atoms. The molecule has 4 rings (SSSR count). The first kappa shape index (κ1) is 34.9. The van der Waals surface area contributed by atoms with Gasteiger partial charge in [-0.3, -0.25) is 4.79 Å². The molecule has 0 saturated carbocycles. The maximum atomic E-state index is 12.8. The van der Waals surface area contributed by atoms with Gasteiger partial charge in [-0.05, 0) is 65.3 Å². The number of urea groups is 1. The monoisotopic (exact) mass is 633 g/mol. The number of primary amides is 1. The molecule has 244 valence electrons. The summed E-state index contributed by atoms with van der Waals surface area (Å²) in [6, 6.07) is 19.1. The van der Waals surface area contributed by atoms with E-state index in [2.05, 4.69) is 16.0 Å². The number of hydrogen-bond acceptors (Lipinski definition) is 7. The van der Waals surface area contributed by atoms with Crippen molar-refractivity contribution in [1.29, 1.82) is 0 Å². The number of carbonyl (C=O) groups excluding carboxylic acids is 3. The van der Waals surface area contributed by atoms with E-state index in [1.807, 2.05) is 48.5 Å². The fraction of sp³-hybridized carbons (Fsp3) is 0.303. The Morgan fingerprint density at radius 2 is 1.41 bits per heavy atom. The van der Waals surface area contributed by atoms with Gasteiger partial charge in [0.25, 0.3) is 0 Å². The molecule has 3 aromatic rings. The van der Waals surface area contributed by atoms with Crippen molar-refractivity contribution in [2.45, 2.75) is 44.7 Å². The molecular weight excluding hydrogens is 594 g/mol. The predicted molar refractivity (Wildman–Crippen MR) is 171 cm³/mol. The number of carbonyl (C=O) groups is 5. The Morgan fingerprint density at radius 1 is 0.848 bits per heavy atom. The van der Waals surface area contributed by atoms with Gasteiger partial charge in [0, 0.05) is 18.2 Å². The Labute approximate surface area is 266 Å². The maximum absolute atomic E-state index is 12.8. The zero-order valence-electron chi connectivity index (χ0n) is 25.6. The molecule has 2 atom stereocenters. The van der Waals surface area contributed by atoms with E-state index in [-0.39, 0.29) is 37.0 Å². The van der Waals surface area contributed by atoms with Crippen molar-refractivity contribution in [2.24, 2.45) is 11.7 Å². The van der Waals surface area contributed by atoms with Crippen molar-refractivity contribution in [3.8, 4) is 11.1 Å². The van der Waals surface area contributed by atoms with Crippen molar-refractivity contribution >= 4 is 35.7 Å². The molecule has 0 spiro atoms. The molecule has 1 aliphatic rings. The number of nitrogens with one attached hydrogen (secondary N) is 3. The standard InChI is InChI=1S/C26H32N4O6.C7H7NO2/c1-15(2)22(23(31)29-21(24(32)33)12-7-13-28-25(27)34)30-26(35)36-14-20-18-10-5-3-8-16(18)17-9-4-6-11-19(17)20;8-6-3-1-5(2-4-6)7(9)10/h3-6,8-11,15,20-22H,7,12-14H2,1-2H3,(H,29,31)(H,30,35)(H,32,33)(H3,27,28,34);1-4H,8H2,(H,9,10)/t21-,22-;/m0./s1. The Morgan fingerprint density at radius 3 is 1.91 bits per heavy atom. The predicted octanol–water partition coefficient (Wildman–Crippen LogP) is 3.53. The van der Waals surface area contributed by atoms with Crippen LogP contribution in [0.1, 0.15) is 54.1 Å². The second kappa shape index (κ2) is 16.5. The summed E-state index contributed by atoms with van der Waals surface area (Å²) < 4.78 is 5.53. The van der Waals surface area contributed by atoms with Gasteiger partial charge in [-0.1, -0.05) is 62.4 Å². The molecule has 0 radical (unpaired) electrons. The molecule has 0 aliphatic heterocycles. The van der Waals surface area contributed by atoms with Gasteiger partial charge in [0.1, 0.15) is 18.7 Å². The number of amides is 4. The molecule has 0 bridgehead atoms. The van der Waals surface area contributed by atoms with Crippen LogP contribution >= 0.6 is 0 Å². The number of aromatic carboxylic acids is 1. The SMILES string of the molecule is CC(C)[C@H](NC(=O)OCC1c2ccccc2-c2ccccc21)C(=O)N[C@@H](CCCNC(N)=O)C(=O)O.Nc1ccc(C(=O)O)cc1. The minimum atomic E-state index is -1.22. The van der Waals surface area contributed by atoms with Gasteiger partial charge in [0.05, 0.1) is 5.56 Å².